The van der Waals surface area contributed by atoms with Gasteiger partial charge in [0.1, 0.15) is 24.4 Å². The summed E-state index contributed by atoms with van der Waals surface area (Å²) in [6.07, 6.45) is -6.30. The molecule has 0 amide bonds. The molecule has 2 fully saturated rings. The average Bonchev–Trinajstić information content (AvgIpc) is 2.89. The van der Waals surface area contributed by atoms with E-state index < -0.39 is 60.4 Å². The number of rotatable bonds is 4. The van der Waals surface area contributed by atoms with Gasteiger partial charge in [-0.15, -0.1) is 0 Å². The number of phenols is 1. The maximum atomic E-state index is 11.7. The third-order valence-corrected chi connectivity index (χ3v) is 8.46. The van der Waals surface area contributed by atoms with E-state index in [1.807, 2.05) is 0 Å². The minimum atomic E-state index is -1.73. The van der Waals surface area contributed by atoms with Crippen molar-refractivity contribution in [2.75, 3.05) is 6.61 Å². The topological polar surface area (TPSA) is 180 Å². The Kier molecular flexibility index (Phi) is 7.15. The first-order chi connectivity index (χ1) is 16.6. The number of aliphatic hydroxyl groups is 7. The van der Waals surface area contributed by atoms with Gasteiger partial charge in [0, 0.05) is 17.5 Å². The summed E-state index contributed by atoms with van der Waals surface area (Å²) in [5, 5.41) is 85.6. The lowest BCUT2D eigenvalue weighted by Crippen LogP contribution is -2.60. The number of ether oxygens (including phenoxy) is 2. The third-order valence-electron chi connectivity index (χ3n) is 8.46. The molecule has 0 aromatic heterocycles. The largest absolute Gasteiger partial charge is 0.504 e. The lowest BCUT2D eigenvalue weighted by atomic mass is 9.59. The summed E-state index contributed by atoms with van der Waals surface area (Å²) in [6, 6.07) is 1.53. The smallest absolute Gasteiger partial charge is 0.229 e. The first-order valence-electron chi connectivity index (χ1n) is 12.6. The molecular formula is C26H40O10. The van der Waals surface area contributed by atoms with Gasteiger partial charge in [0.05, 0.1) is 23.9 Å². The molecule has 1 saturated heterocycles. The lowest BCUT2D eigenvalue weighted by molar-refractivity contribution is -0.278. The van der Waals surface area contributed by atoms with Gasteiger partial charge in [0.2, 0.25) is 6.29 Å². The van der Waals surface area contributed by atoms with Crippen LogP contribution >= 0.6 is 0 Å². The van der Waals surface area contributed by atoms with Crippen molar-refractivity contribution in [3.8, 4) is 11.5 Å². The second kappa shape index (κ2) is 9.36. The number of phenolic OH excluding ortho intramolecular Hbond substituents is 1. The maximum absolute atomic E-state index is 11.7. The van der Waals surface area contributed by atoms with Crippen LogP contribution in [0.15, 0.2) is 6.07 Å². The number of hydrogen-bond donors (Lipinski definition) is 8. The lowest BCUT2D eigenvalue weighted by Gasteiger charge is -2.49. The zero-order valence-corrected chi connectivity index (χ0v) is 21.3. The summed E-state index contributed by atoms with van der Waals surface area (Å²) < 4.78 is 11.3. The average molecular weight is 513 g/mol. The molecule has 10 heteroatoms. The minimum absolute atomic E-state index is 0.0521. The fraction of sp³-hybridized carbons (Fsp3) is 0.769. The van der Waals surface area contributed by atoms with Crippen molar-refractivity contribution in [2.24, 2.45) is 11.3 Å². The van der Waals surface area contributed by atoms with E-state index in [1.54, 1.807) is 0 Å². The fourth-order valence-corrected chi connectivity index (χ4v) is 6.38. The second-order valence-corrected chi connectivity index (χ2v) is 12.0. The molecule has 2 aliphatic carbocycles. The molecule has 8 atom stereocenters. The van der Waals surface area contributed by atoms with Crippen molar-refractivity contribution in [3.63, 3.8) is 0 Å². The summed E-state index contributed by atoms with van der Waals surface area (Å²) in [5.41, 5.74) is -2.22. The molecule has 0 radical (unpaired) electrons. The van der Waals surface area contributed by atoms with Crippen molar-refractivity contribution in [3.05, 3.63) is 22.8 Å². The number of benzene rings is 1. The third kappa shape index (κ3) is 4.63. The van der Waals surface area contributed by atoms with Gasteiger partial charge in [-0.25, -0.2) is 0 Å². The maximum Gasteiger partial charge on any atom is 0.229 e. The zero-order chi connectivity index (χ0) is 26.8. The van der Waals surface area contributed by atoms with Gasteiger partial charge < -0.3 is 50.3 Å². The van der Waals surface area contributed by atoms with Gasteiger partial charge in [-0.1, -0.05) is 20.3 Å². The van der Waals surface area contributed by atoms with E-state index >= 15 is 0 Å². The SMILES string of the molecule is CC(C)(O)c1cc2c(c(O)c1O[C@@H]1O[C@H](CO)[C@@H](O)[C@H](O)[C@H]1O)C[C@@]1(O)CCCC(C)(C)C1C[C@@H]2O. The first-order valence-corrected chi connectivity index (χ1v) is 12.6. The molecule has 1 heterocycles. The van der Waals surface area contributed by atoms with Crippen LogP contribution in [0, 0.1) is 11.3 Å². The Bertz CT molecular complexity index is 970. The predicted octanol–water partition coefficient (Wildman–Crippen LogP) is 0.335. The summed E-state index contributed by atoms with van der Waals surface area (Å²) in [6.45, 7) is 6.41. The van der Waals surface area contributed by atoms with Gasteiger partial charge in [-0.05, 0) is 56.1 Å². The Morgan fingerprint density at radius 3 is 2.36 bits per heavy atom. The number of fused-ring (bicyclic) bond motifs is 2. The van der Waals surface area contributed by atoms with Gasteiger partial charge in [0.25, 0.3) is 0 Å². The first kappa shape index (κ1) is 27.5. The molecule has 10 nitrogen and oxygen atoms in total. The van der Waals surface area contributed by atoms with Crippen LogP contribution in [0.3, 0.4) is 0 Å². The highest BCUT2D eigenvalue weighted by molar-refractivity contribution is 5.58. The highest BCUT2D eigenvalue weighted by Crippen LogP contribution is 2.56. The highest BCUT2D eigenvalue weighted by atomic mass is 16.7. The normalized spacial score (nSPS) is 38.6. The van der Waals surface area contributed by atoms with Crippen LogP contribution < -0.4 is 4.74 Å². The van der Waals surface area contributed by atoms with E-state index in [0.29, 0.717) is 12.0 Å². The minimum Gasteiger partial charge on any atom is -0.504 e. The molecule has 0 spiro atoms. The van der Waals surface area contributed by atoms with Crippen molar-refractivity contribution in [2.45, 2.75) is 108 Å². The summed E-state index contributed by atoms with van der Waals surface area (Å²) >= 11 is 0. The van der Waals surface area contributed by atoms with Gasteiger partial charge in [0.15, 0.2) is 11.5 Å². The van der Waals surface area contributed by atoms with Crippen LogP contribution in [0.5, 0.6) is 11.5 Å². The van der Waals surface area contributed by atoms with Crippen molar-refractivity contribution < 1.29 is 50.3 Å². The molecule has 3 aliphatic rings. The van der Waals surface area contributed by atoms with Crippen LogP contribution in [0.25, 0.3) is 0 Å². The summed E-state index contributed by atoms with van der Waals surface area (Å²) in [7, 11) is 0. The second-order valence-electron chi connectivity index (χ2n) is 12.0. The molecule has 1 aromatic carbocycles. The Morgan fingerprint density at radius 1 is 1.08 bits per heavy atom. The molecule has 8 N–H and O–H groups in total. The molecule has 1 unspecified atom stereocenters. The zero-order valence-electron chi connectivity index (χ0n) is 21.3. The van der Waals surface area contributed by atoms with Crippen molar-refractivity contribution >= 4 is 0 Å². The molecule has 4 rings (SSSR count). The molecule has 204 valence electrons. The number of hydrogen-bond acceptors (Lipinski definition) is 10. The summed E-state index contributed by atoms with van der Waals surface area (Å²) in [4.78, 5) is 0. The van der Waals surface area contributed by atoms with Crippen LogP contribution in [0.2, 0.25) is 0 Å². The Hall–Kier alpha value is -1.50. The predicted molar refractivity (Wildman–Crippen MR) is 127 cm³/mol. The Morgan fingerprint density at radius 2 is 1.75 bits per heavy atom. The van der Waals surface area contributed by atoms with Gasteiger partial charge in [-0.2, -0.15) is 0 Å². The van der Waals surface area contributed by atoms with E-state index in [2.05, 4.69) is 13.8 Å². The molecule has 1 aliphatic heterocycles. The van der Waals surface area contributed by atoms with E-state index in [4.69, 9.17) is 9.47 Å². The monoisotopic (exact) mass is 512 g/mol. The highest BCUT2D eigenvalue weighted by Gasteiger charge is 2.52. The standard InChI is InChI=1S/C26H40O10/c1-24(2)6-5-7-26(34)10-13-12(15(28)9-17(24)26)8-14(25(3,4)33)22(18(13)29)36-23-21(32)20(31)19(30)16(11-27)35-23/h8,15-17,19-21,23,27-34H,5-7,9-11H2,1-4H3/t15-,16+,17?,19+,20-,21+,23-,26-/m0/s1. The summed E-state index contributed by atoms with van der Waals surface area (Å²) in [5.74, 6) is -0.894. The molecule has 0 bridgehead atoms. The molecule has 1 saturated carbocycles. The quantitative estimate of drug-likeness (QED) is 0.280. The van der Waals surface area contributed by atoms with Crippen molar-refractivity contribution in [1.82, 2.24) is 0 Å². The van der Waals surface area contributed by atoms with Crippen LogP contribution in [0.1, 0.15) is 76.2 Å². The number of aromatic hydroxyl groups is 1. The number of aliphatic hydroxyl groups excluding tert-OH is 5. The van der Waals surface area contributed by atoms with E-state index in [0.717, 1.165) is 12.8 Å². The van der Waals surface area contributed by atoms with Crippen LogP contribution in [-0.4, -0.2) is 83.8 Å². The molecule has 1 aromatic rings. The fourth-order valence-electron chi connectivity index (χ4n) is 6.38. The van der Waals surface area contributed by atoms with Gasteiger partial charge in [-0.3, -0.25) is 0 Å². The van der Waals surface area contributed by atoms with Gasteiger partial charge >= 0.3 is 0 Å². The van der Waals surface area contributed by atoms with E-state index in [9.17, 15) is 40.9 Å². The van der Waals surface area contributed by atoms with E-state index in [1.165, 1.54) is 19.9 Å². The Balaban J connectivity index is 1.81. The molecule has 36 heavy (non-hydrogen) atoms. The van der Waals surface area contributed by atoms with Crippen molar-refractivity contribution in [1.29, 1.82) is 0 Å². The molecular weight excluding hydrogens is 472 g/mol. The van der Waals surface area contributed by atoms with E-state index in [-0.39, 0.29) is 41.1 Å². The Labute approximate surface area is 210 Å². The van der Waals surface area contributed by atoms with Crippen LogP contribution in [-0.2, 0) is 16.8 Å². The van der Waals surface area contributed by atoms with Crippen LogP contribution in [0.4, 0.5) is 0 Å².